The van der Waals surface area contributed by atoms with Gasteiger partial charge in [0.15, 0.2) is 17.5 Å². The van der Waals surface area contributed by atoms with Gasteiger partial charge in [-0.25, -0.2) is 4.98 Å². The molecule has 8 nitrogen and oxygen atoms in total. The van der Waals surface area contributed by atoms with E-state index in [0.29, 0.717) is 28.8 Å². The molecule has 0 unspecified atom stereocenters. The molecule has 136 valence electrons. The number of rotatable bonds is 5. The van der Waals surface area contributed by atoms with Crippen molar-refractivity contribution in [3.05, 3.63) is 48.9 Å². The summed E-state index contributed by atoms with van der Waals surface area (Å²) in [5.41, 5.74) is 12.4. The van der Waals surface area contributed by atoms with Crippen molar-refractivity contribution >= 4 is 23.0 Å². The minimum atomic E-state index is 0.231. The number of nitrogens with two attached hydrogens (primary N) is 2. The Morgan fingerprint density at radius 2 is 1.73 bits per heavy atom. The van der Waals surface area contributed by atoms with E-state index in [1.54, 1.807) is 12.1 Å². The number of anilines is 2. The van der Waals surface area contributed by atoms with Crippen LogP contribution in [0.2, 0.25) is 0 Å². The van der Waals surface area contributed by atoms with Gasteiger partial charge in [0.1, 0.15) is 17.2 Å². The van der Waals surface area contributed by atoms with E-state index in [-0.39, 0.29) is 5.82 Å². The summed E-state index contributed by atoms with van der Waals surface area (Å²) in [5.74, 6) is 1.76. The number of hydrogen-bond acceptors (Lipinski definition) is 8. The molecule has 0 amide bonds. The van der Waals surface area contributed by atoms with Crippen molar-refractivity contribution in [2.75, 3.05) is 44.7 Å². The van der Waals surface area contributed by atoms with Gasteiger partial charge in [0.05, 0.1) is 0 Å². The molecular formula is C18H23N7O. The maximum atomic E-state index is 5.95. The van der Waals surface area contributed by atoms with Gasteiger partial charge < -0.3 is 26.0 Å². The molecule has 0 spiro atoms. The van der Waals surface area contributed by atoms with Crippen LogP contribution in [0.15, 0.2) is 59.1 Å². The second kappa shape index (κ2) is 7.83. The Balaban J connectivity index is 1.73. The zero-order chi connectivity index (χ0) is 18.5. The standard InChI is InChI=1S/C18H23N7O/c1-13(25-11-9-24(2)10-12-25)26-16-6-4-3-5-14(16)22-23-15-7-8-17(19)21-18(15)20/h3-8H,1,9-12H2,2H3,(H4,19,20,21). The molecule has 26 heavy (non-hydrogen) atoms. The minimum absolute atomic E-state index is 0.231. The highest BCUT2D eigenvalue weighted by Crippen LogP contribution is 2.31. The Kier molecular flexibility index (Phi) is 5.33. The highest BCUT2D eigenvalue weighted by molar-refractivity contribution is 5.60. The minimum Gasteiger partial charge on any atom is -0.440 e. The van der Waals surface area contributed by atoms with E-state index in [1.165, 1.54) is 0 Å². The van der Waals surface area contributed by atoms with E-state index in [1.807, 2.05) is 24.3 Å². The normalized spacial score (nSPS) is 15.3. The molecule has 1 aliphatic heterocycles. The lowest BCUT2D eigenvalue weighted by Gasteiger charge is -2.34. The number of nitrogen functional groups attached to an aromatic ring is 2. The molecule has 1 aliphatic rings. The van der Waals surface area contributed by atoms with Crippen molar-refractivity contribution in [2.24, 2.45) is 10.2 Å². The highest BCUT2D eigenvalue weighted by Gasteiger charge is 2.17. The van der Waals surface area contributed by atoms with Gasteiger partial charge in [-0.15, -0.1) is 10.2 Å². The third-order valence-corrected chi connectivity index (χ3v) is 4.14. The zero-order valence-corrected chi connectivity index (χ0v) is 14.8. The van der Waals surface area contributed by atoms with Crippen LogP contribution in [-0.2, 0) is 0 Å². The van der Waals surface area contributed by atoms with E-state index >= 15 is 0 Å². The maximum absolute atomic E-state index is 5.95. The molecule has 1 fully saturated rings. The van der Waals surface area contributed by atoms with E-state index in [0.717, 1.165) is 26.2 Å². The lowest BCUT2D eigenvalue weighted by molar-refractivity contribution is 0.138. The summed E-state index contributed by atoms with van der Waals surface area (Å²) >= 11 is 0. The number of azo groups is 1. The predicted octanol–water partition coefficient (Wildman–Crippen LogP) is 2.76. The van der Waals surface area contributed by atoms with Gasteiger partial charge in [-0.05, 0) is 37.9 Å². The highest BCUT2D eigenvalue weighted by atomic mass is 16.5. The summed E-state index contributed by atoms with van der Waals surface area (Å²) in [5, 5.41) is 8.41. The van der Waals surface area contributed by atoms with Crippen molar-refractivity contribution in [3.63, 3.8) is 0 Å². The zero-order valence-electron chi connectivity index (χ0n) is 14.8. The van der Waals surface area contributed by atoms with Crippen LogP contribution in [0, 0.1) is 0 Å². The van der Waals surface area contributed by atoms with Crippen LogP contribution in [0.1, 0.15) is 0 Å². The molecule has 0 atom stereocenters. The summed E-state index contributed by atoms with van der Waals surface area (Å²) in [7, 11) is 2.11. The van der Waals surface area contributed by atoms with Gasteiger partial charge in [0.2, 0.25) is 0 Å². The smallest absolute Gasteiger partial charge is 0.188 e. The summed E-state index contributed by atoms with van der Waals surface area (Å²) in [6.45, 7) is 7.77. The first-order valence-corrected chi connectivity index (χ1v) is 8.36. The Morgan fingerprint density at radius 1 is 1.04 bits per heavy atom. The average Bonchev–Trinajstić information content (AvgIpc) is 2.62. The van der Waals surface area contributed by atoms with Crippen molar-refractivity contribution < 1.29 is 4.74 Å². The number of benzene rings is 1. The maximum Gasteiger partial charge on any atom is 0.188 e. The summed E-state index contributed by atoms with van der Waals surface area (Å²) in [6.07, 6.45) is 0. The molecule has 2 aromatic rings. The Labute approximate surface area is 152 Å². The molecule has 4 N–H and O–H groups in total. The van der Waals surface area contributed by atoms with Gasteiger partial charge in [-0.3, -0.25) is 0 Å². The van der Waals surface area contributed by atoms with Crippen molar-refractivity contribution in [3.8, 4) is 5.75 Å². The molecule has 1 aromatic heterocycles. The number of nitrogens with zero attached hydrogens (tertiary/aromatic N) is 5. The van der Waals surface area contributed by atoms with Crippen LogP contribution in [0.3, 0.4) is 0 Å². The third-order valence-electron chi connectivity index (χ3n) is 4.14. The van der Waals surface area contributed by atoms with Crippen LogP contribution < -0.4 is 16.2 Å². The van der Waals surface area contributed by atoms with E-state index in [2.05, 4.69) is 38.6 Å². The first kappa shape index (κ1) is 17.7. The first-order valence-electron chi connectivity index (χ1n) is 8.36. The number of hydrogen-bond donors (Lipinski definition) is 2. The first-order chi connectivity index (χ1) is 12.5. The summed E-state index contributed by atoms with van der Waals surface area (Å²) in [6, 6.07) is 10.7. The molecule has 0 radical (unpaired) electrons. The molecule has 0 saturated carbocycles. The second-order valence-corrected chi connectivity index (χ2v) is 6.09. The number of likely N-dealkylation sites (N-methyl/N-ethyl adjacent to an activating group) is 1. The Bertz CT molecular complexity index is 813. The van der Waals surface area contributed by atoms with Crippen LogP contribution in [-0.4, -0.2) is 48.0 Å². The fraction of sp³-hybridized carbons (Fsp3) is 0.278. The molecule has 8 heteroatoms. The number of pyridine rings is 1. The lowest BCUT2D eigenvalue weighted by atomic mass is 10.3. The Morgan fingerprint density at radius 3 is 2.46 bits per heavy atom. The molecular weight excluding hydrogens is 330 g/mol. The monoisotopic (exact) mass is 353 g/mol. The van der Waals surface area contributed by atoms with E-state index in [9.17, 15) is 0 Å². The van der Waals surface area contributed by atoms with Gasteiger partial charge in [-0.2, -0.15) is 0 Å². The quantitative estimate of drug-likeness (QED) is 0.632. The van der Waals surface area contributed by atoms with Gasteiger partial charge in [0.25, 0.3) is 0 Å². The average molecular weight is 353 g/mol. The lowest BCUT2D eigenvalue weighted by Crippen LogP contribution is -2.44. The van der Waals surface area contributed by atoms with Crippen molar-refractivity contribution in [1.82, 2.24) is 14.8 Å². The molecule has 2 heterocycles. The molecule has 0 bridgehead atoms. The Hall–Kier alpha value is -3.13. The summed E-state index contributed by atoms with van der Waals surface area (Å²) in [4.78, 5) is 8.37. The van der Waals surface area contributed by atoms with Gasteiger partial charge >= 0.3 is 0 Å². The van der Waals surface area contributed by atoms with Crippen LogP contribution in [0.25, 0.3) is 0 Å². The molecule has 3 rings (SSSR count). The van der Waals surface area contributed by atoms with Gasteiger partial charge in [-0.1, -0.05) is 12.1 Å². The SMILES string of the molecule is C=C(Oc1ccccc1N=Nc1ccc(N)nc1N)N1CCN(C)CC1. The predicted molar refractivity (Wildman–Crippen MR) is 103 cm³/mol. The number of ether oxygens (including phenoxy) is 1. The number of aromatic nitrogens is 1. The molecule has 1 aromatic carbocycles. The van der Waals surface area contributed by atoms with E-state index in [4.69, 9.17) is 16.2 Å². The number of para-hydroxylation sites is 1. The largest absolute Gasteiger partial charge is 0.440 e. The van der Waals surface area contributed by atoms with Crippen molar-refractivity contribution in [2.45, 2.75) is 0 Å². The van der Waals surface area contributed by atoms with Crippen LogP contribution >= 0.6 is 0 Å². The van der Waals surface area contributed by atoms with Gasteiger partial charge in [0, 0.05) is 26.2 Å². The van der Waals surface area contributed by atoms with Crippen molar-refractivity contribution in [1.29, 1.82) is 0 Å². The fourth-order valence-corrected chi connectivity index (χ4v) is 2.55. The van der Waals surface area contributed by atoms with Crippen LogP contribution in [0.5, 0.6) is 5.75 Å². The van der Waals surface area contributed by atoms with E-state index < -0.39 is 0 Å². The third kappa shape index (κ3) is 4.28. The second-order valence-electron chi connectivity index (χ2n) is 6.09. The van der Waals surface area contributed by atoms with Crippen LogP contribution in [0.4, 0.5) is 23.0 Å². The fourth-order valence-electron chi connectivity index (χ4n) is 2.55. The number of piperazine rings is 1. The topological polar surface area (TPSA) is 105 Å². The summed E-state index contributed by atoms with van der Waals surface area (Å²) < 4.78 is 5.95. The molecule has 0 aliphatic carbocycles. The molecule has 1 saturated heterocycles.